The summed E-state index contributed by atoms with van der Waals surface area (Å²) < 4.78 is 2.19. The first-order chi connectivity index (χ1) is 30.8. The van der Waals surface area contributed by atoms with Crippen LogP contribution < -0.4 is 4.90 Å². The maximum atomic E-state index is 5.30. The van der Waals surface area contributed by atoms with Crippen LogP contribution in [-0.2, 0) is 0 Å². The second-order valence-electron chi connectivity index (χ2n) is 15.0. The van der Waals surface area contributed by atoms with Crippen LogP contribution in [-0.4, -0.2) is 39.5 Å². The highest BCUT2D eigenvalue weighted by molar-refractivity contribution is 6.19. The number of benzene rings is 7. The molecule has 0 radical (unpaired) electrons. The second kappa shape index (κ2) is 14.5. The summed E-state index contributed by atoms with van der Waals surface area (Å²) in [5, 5.41) is 2.10. The predicted octanol–water partition coefficient (Wildman–Crippen LogP) is 12.3. The van der Waals surface area contributed by atoms with Gasteiger partial charge in [0.15, 0.2) is 23.3 Å². The lowest BCUT2D eigenvalue weighted by Crippen LogP contribution is -2.16. The molecule has 7 aromatic carbocycles. The summed E-state index contributed by atoms with van der Waals surface area (Å²) in [4.78, 5) is 38.2. The largest absolute Gasteiger partial charge is 0.278 e. The summed E-state index contributed by atoms with van der Waals surface area (Å²) in [5.74, 6) is 3.26. The molecule has 0 fully saturated rings. The Hall–Kier alpha value is -8.69. The Balaban J connectivity index is 1.21. The molecule has 0 saturated heterocycles. The van der Waals surface area contributed by atoms with Crippen molar-refractivity contribution in [3.63, 3.8) is 0 Å². The van der Waals surface area contributed by atoms with Gasteiger partial charge < -0.3 is 0 Å². The predicted molar refractivity (Wildman–Crippen MR) is 246 cm³/mol. The number of aromatic nitrogens is 8. The molecule has 0 aliphatic carbocycles. The molecule has 0 N–H and O–H groups in total. The van der Waals surface area contributed by atoms with Gasteiger partial charge in [0.25, 0.3) is 0 Å². The normalized spacial score (nSPS) is 11.8. The third kappa shape index (κ3) is 5.83. The molecule has 0 atom stereocenters. The molecule has 0 amide bonds. The molecule has 0 unspecified atom stereocenters. The van der Waals surface area contributed by atoms with Crippen LogP contribution in [0.15, 0.2) is 200 Å². The highest BCUT2D eigenvalue weighted by Crippen LogP contribution is 2.53. The Labute approximate surface area is 356 Å². The Morgan fingerprint density at radius 2 is 0.839 bits per heavy atom. The molecule has 9 heteroatoms. The summed E-state index contributed by atoms with van der Waals surface area (Å²) in [5.41, 5.74) is 11.1. The lowest BCUT2D eigenvalue weighted by atomic mass is 9.95. The Bertz CT molecular complexity index is 3350. The van der Waals surface area contributed by atoms with E-state index < -0.39 is 0 Å². The molecule has 12 rings (SSSR count). The third-order valence-corrected chi connectivity index (χ3v) is 11.4. The van der Waals surface area contributed by atoms with E-state index in [4.69, 9.17) is 34.9 Å². The summed E-state index contributed by atoms with van der Waals surface area (Å²) in [6.07, 6.45) is 3.82. The van der Waals surface area contributed by atoms with Crippen LogP contribution in [0.1, 0.15) is 0 Å². The van der Waals surface area contributed by atoms with Gasteiger partial charge in [0.1, 0.15) is 0 Å². The quantitative estimate of drug-likeness (QED) is 0.164. The molecule has 0 bridgehead atoms. The summed E-state index contributed by atoms with van der Waals surface area (Å²) in [6, 6.07) is 63.6. The van der Waals surface area contributed by atoms with Crippen LogP contribution in [0.5, 0.6) is 0 Å². The maximum Gasteiger partial charge on any atom is 0.238 e. The molecule has 9 nitrogen and oxygen atoms in total. The zero-order valence-corrected chi connectivity index (χ0v) is 33.1. The Morgan fingerprint density at radius 3 is 1.42 bits per heavy atom. The van der Waals surface area contributed by atoms with Gasteiger partial charge in [0, 0.05) is 62.1 Å². The van der Waals surface area contributed by atoms with E-state index in [9.17, 15) is 0 Å². The highest BCUT2D eigenvalue weighted by atomic mass is 15.3. The number of rotatable bonds is 6. The standard InChI is InChI=1S/C53H33N9/c1-5-17-34(18-6-1)48-55-49(35-19-7-2-8-20-35)58-52(57-48)61-43-27-15-13-25-39(43)38-31-32-54-33-42(38)46-45(61)30-29-41-40-26-14-16-28-44(40)62(47(41)46)53-59-50(36-21-9-3-10-22-36)56-51(60-53)37-23-11-4-12-24-37/h1-33H. The second-order valence-corrected chi connectivity index (χ2v) is 15.0. The molecule has 0 saturated carbocycles. The summed E-state index contributed by atoms with van der Waals surface area (Å²) in [6.45, 7) is 0. The fraction of sp³-hybridized carbons (Fsp3) is 0. The molecule has 290 valence electrons. The van der Waals surface area contributed by atoms with Crippen molar-refractivity contribution < 1.29 is 0 Å². The average molecular weight is 796 g/mol. The van der Waals surface area contributed by atoms with Gasteiger partial charge in [-0.2, -0.15) is 19.9 Å². The van der Waals surface area contributed by atoms with Crippen molar-refractivity contribution >= 4 is 39.1 Å². The first kappa shape index (κ1) is 35.3. The van der Waals surface area contributed by atoms with Crippen molar-refractivity contribution in [3.05, 3.63) is 200 Å². The number of anilines is 3. The summed E-state index contributed by atoms with van der Waals surface area (Å²) >= 11 is 0. The number of para-hydroxylation sites is 2. The van der Waals surface area contributed by atoms with Crippen LogP contribution in [0, 0.1) is 0 Å². The van der Waals surface area contributed by atoms with E-state index in [1.54, 1.807) is 0 Å². The molecule has 4 aromatic heterocycles. The highest BCUT2D eigenvalue weighted by Gasteiger charge is 2.32. The Kier molecular flexibility index (Phi) is 8.27. The van der Waals surface area contributed by atoms with Gasteiger partial charge in [0.05, 0.1) is 22.4 Å². The van der Waals surface area contributed by atoms with Crippen molar-refractivity contribution in [1.82, 2.24) is 39.5 Å². The molecule has 62 heavy (non-hydrogen) atoms. The zero-order valence-electron chi connectivity index (χ0n) is 33.1. The van der Waals surface area contributed by atoms with Crippen molar-refractivity contribution in [2.75, 3.05) is 4.90 Å². The van der Waals surface area contributed by atoms with Gasteiger partial charge in [0.2, 0.25) is 11.9 Å². The van der Waals surface area contributed by atoms with E-state index in [1.807, 2.05) is 134 Å². The SMILES string of the molecule is c1ccc(-c2nc(-c3ccccc3)nc(N3c4ccccc4-c4ccncc4-c4c3ccc3c5ccccc5n(-c5nc(-c6ccccc6)nc(-c6ccccc6)n5)c43)n2)cc1. The van der Waals surface area contributed by atoms with E-state index in [0.29, 0.717) is 35.2 Å². The van der Waals surface area contributed by atoms with E-state index >= 15 is 0 Å². The van der Waals surface area contributed by atoms with Crippen molar-refractivity contribution in [2.45, 2.75) is 0 Å². The molecule has 1 aliphatic rings. The van der Waals surface area contributed by atoms with Crippen LogP contribution >= 0.6 is 0 Å². The number of nitrogens with zero attached hydrogens (tertiary/aromatic N) is 9. The first-order valence-electron chi connectivity index (χ1n) is 20.4. The van der Waals surface area contributed by atoms with E-state index in [2.05, 4.69) is 76.2 Å². The number of fused-ring (bicyclic) bond motifs is 9. The molecular formula is C53H33N9. The van der Waals surface area contributed by atoms with Crippen LogP contribution in [0.2, 0.25) is 0 Å². The third-order valence-electron chi connectivity index (χ3n) is 11.4. The number of hydrogen-bond donors (Lipinski definition) is 0. The van der Waals surface area contributed by atoms with E-state index in [-0.39, 0.29) is 0 Å². The van der Waals surface area contributed by atoms with Gasteiger partial charge in [-0.3, -0.25) is 14.5 Å². The summed E-state index contributed by atoms with van der Waals surface area (Å²) in [7, 11) is 0. The molecule has 1 aliphatic heterocycles. The fourth-order valence-electron chi connectivity index (χ4n) is 8.57. The van der Waals surface area contributed by atoms with Crippen LogP contribution in [0.25, 0.3) is 95.6 Å². The minimum Gasteiger partial charge on any atom is -0.278 e. The van der Waals surface area contributed by atoms with Gasteiger partial charge in [-0.05, 0) is 29.8 Å². The number of hydrogen-bond acceptors (Lipinski definition) is 8. The molecule has 0 spiro atoms. The van der Waals surface area contributed by atoms with Crippen LogP contribution in [0.3, 0.4) is 0 Å². The number of pyridine rings is 1. The molecule has 5 heterocycles. The monoisotopic (exact) mass is 795 g/mol. The van der Waals surface area contributed by atoms with Gasteiger partial charge in [-0.1, -0.05) is 164 Å². The lowest BCUT2D eigenvalue weighted by Gasteiger charge is -2.26. The molecule has 11 aromatic rings. The van der Waals surface area contributed by atoms with Gasteiger partial charge in [-0.15, -0.1) is 0 Å². The van der Waals surface area contributed by atoms with Gasteiger partial charge >= 0.3 is 0 Å². The van der Waals surface area contributed by atoms with Crippen molar-refractivity contribution in [3.8, 4) is 73.8 Å². The van der Waals surface area contributed by atoms with E-state index in [1.165, 1.54) is 0 Å². The van der Waals surface area contributed by atoms with Crippen molar-refractivity contribution in [1.29, 1.82) is 0 Å². The topological polar surface area (TPSA) is 98.4 Å². The van der Waals surface area contributed by atoms with Crippen LogP contribution in [0.4, 0.5) is 17.3 Å². The van der Waals surface area contributed by atoms with Gasteiger partial charge in [-0.25, -0.2) is 9.97 Å². The van der Waals surface area contributed by atoms with Crippen molar-refractivity contribution in [2.24, 2.45) is 0 Å². The fourth-order valence-corrected chi connectivity index (χ4v) is 8.57. The Morgan fingerprint density at radius 1 is 0.339 bits per heavy atom. The zero-order chi connectivity index (χ0) is 41.0. The first-order valence-corrected chi connectivity index (χ1v) is 20.4. The molecular weight excluding hydrogens is 763 g/mol. The van der Waals surface area contributed by atoms with E-state index in [0.717, 1.165) is 77.7 Å². The minimum absolute atomic E-state index is 0.479. The maximum absolute atomic E-state index is 5.30. The average Bonchev–Trinajstić information content (AvgIpc) is 3.63. The lowest BCUT2D eigenvalue weighted by molar-refractivity contribution is 0.953. The minimum atomic E-state index is 0.479. The smallest absolute Gasteiger partial charge is 0.238 e.